The van der Waals surface area contributed by atoms with Gasteiger partial charge in [-0.15, -0.1) is 0 Å². The van der Waals surface area contributed by atoms with Gasteiger partial charge in [0.25, 0.3) is 5.69 Å². The van der Waals surface area contributed by atoms with Crippen molar-refractivity contribution in [2.75, 3.05) is 19.0 Å². The molecule has 0 saturated carbocycles. The van der Waals surface area contributed by atoms with Gasteiger partial charge in [-0.3, -0.25) is 10.1 Å². The predicted molar refractivity (Wildman–Crippen MR) is 75.1 cm³/mol. The zero-order valence-corrected chi connectivity index (χ0v) is 12.3. The Morgan fingerprint density at radius 1 is 1.56 bits per heavy atom. The van der Waals surface area contributed by atoms with Gasteiger partial charge in [0.1, 0.15) is 0 Å². The summed E-state index contributed by atoms with van der Waals surface area (Å²) in [6, 6.07) is 3.44. The molecule has 0 aliphatic rings. The molecule has 0 aliphatic heterocycles. The second-order valence-corrected chi connectivity index (χ2v) is 4.93. The maximum atomic E-state index is 10.9. The molecule has 1 aromatic carbocycles. The molecule has 0 aliphatic carbocycles. The van der Waals surface area contributed by atoms with Crippen molar-refractivity contribution >= 4 is 27.3 Å². The number of benzene rings is 1. The highest BCUT2D eigenvalue weighted by molar-refractivity contribution is 9.10. The maximum absolute atomic E-state index is 10.9. The highest BCUT2D eigenvalue weighted by atomic mass is 79.9. The van der Waals surface area contributed by atoms with Crippen LogP contribution >= 0.6 is 15.9 Å². The van der Waals surface area contributed by atoms with Crippen molar-refractivity contribution < 1.29 is 9.66 Å². The number of nitrogens with one attached hydrogen (secondary N) is 1. The van der Waals surface area contributed by atoms with Crippen LogP contribution < -0.4 is 5.32 Å². The van der Waals surface area contributed by atoms with Crippen LogP contribution in [-0.2, 0) is 4.74 Å². The van der Waals surface area contributed by atoms with Gasteiger partial charge in [-0.1, -0.05) is 6.92 Å². The van der Waals surface area contributed by atoms with E-state index in [1.165, 1.54) is 0 Å². The van der Waals surface area contributed by atoms with E-state index in [1.54, 1.807) is 26.2 Å². The molecule has 1 N–H and O–H groups in total. The largest absolute Gasteiger partial charge is 0.383 e. The van der Waals surface area contributed by atoms with E-state index >= 15 is 0 Å². The fourth-order valence-corrected chi connectivity index (χ4v) is 2.22. The number of halogens is 1. The van der Waals surface area contributed by atoms with Gasteiger partial charge in [-0.05, 0) is 35.3 Å². The summed E-state index contributed by atoms with van der Waals surface area (Å²) in [4.78, 5) is 10.5. The third-order valence-corrected chi connectivity index (χ3v) is 3.36. The fourth-order valence-electron chi connectivity index (χ4n) is 1.65. The minimum atomic E-state index is -0.371. The number of rotatable bonds is 6. The van der Waals surface area contributed by atoms with Crippen molar-refractivity contribution in [2.24, 2.45) is 0 Å². The Morgan fingerprint density at radius 2 is 2.22 bits per heavy atom. The minimum absolute atomic E-state index is 0.118. The lowest BCUT2D eigenvalue weighted by Gasteiger charge is -2.18. The molecule has 1 rings (SSSR count). The standard InChI is InChI=1S/C12H17BrN2O3/c1-4-9(7-18-3)14-11-6-12(15(16)17)8(2)5-10(11)13/h5-6,9,14H,4,7H2,1-3H3. The molecule has 0 spiro atoms. The van der Waals surface area contributed by atoms with Gasteiger partial charge in [0.15, 0.2) is 0 Å². The number of ether oxygens (including phenoxy) is 1. The lowest BCUT2D eigenvalue weighted by atomic mass is 10.1. The number of nitro benzene ring substituents is 1. The molecule has 1 unspecified atom stereocenters. The van der Waals surface area contributed by atoms with Gasteiger partial charge >= 0.3 is 0 Å². The molecule has 0 bridgehead atoms. The summed E-state index contributed by atoms with van der Waals surface area (Å²) < 4.78 is 5.92. The SMILES string of the molecule is CCC(COC)Nc1cc([N+](=O)[O-])c(C)cc1Br. The normalized spacial score (nSPS) is 12.2. The molecule has 100 valence electrons. The number of methoxy groups -OCH3 is 1. The minimum Gasteiger partial charge on any atom is -0.383 e. The topological polar surface area (TPSA) is 64.4 Å². The lowest BCUT2D eigenvalue weighted by Crippen LogP contribution is -2.24. The van der Waals surface area contributed by atoms with Crippen LogP contribution in [0, 0.1) is 17.0 Å². The first-order valence-corrected chi connectivity index (χ1v) is 6.48. The van der Waals surface area contributed by atoms with E-state index in [-0.39, 0.29) is 16.7 Å². The third kappa shape index (κ3) is 3.68. The Morgan fingerprint density at radius 3 is 2.72 bits per heavy atom. The van der Waals surface area contributed by atoms with Crippen LogP contribution in [0.2, 0.25) is 0 Å². The van der Waals surface area contributed by atoms with Crippen LogP contribution in [0.1, 0.15) is 18.9 Å². The quantitative estimate of drug-likeness (QED) is 0.644. The number of hydrogen-bond acceptors (Lipinski definition) is 4. The molecule has 0 amide bonds. The van der Waals surface area contributed by atoms with E-state index in [9.17, 15) is 10.1 Å². The van der Waals surface area contributed by atoms with Gasteiger partial charge in [-0.2, -0.15) is 0 Å². The maximum Gasteiger partial charge on any atom is 0.274 e. The van der Waals surface area contributed by atoms with Gasteiger partial charge in [0, 0.05) is 29.3 Å². The summed E-state index contributed by atoms with van der Waals surface area (Å²) in [6.45, 7) is 4.32. The molecular formula is C12H17BrN2O3. The Kier molecular flexibility index (Phi) is 5.55. The van der Waals surface area contributed by atoms with Crippen LogP contribution in [0.5, 0.6) is 0 Å². The molecule has 0 aromatic heterocycles. The lowest BCUT2D eigenvalue weighted by molar-refractivity contribution is -0.385. The summed E-state index contributed by atoms with van der Waals surface area (Å²) in [5, 5.41) is 14.1. The number of nitrogens with zero attached hydrogens (tertiary/aromatic N) is 1. The van der Waals surface area contributed by atoms with Gasteiger partial charge in [0.05, 0.1) is 17.2 Å². The average Bonchev–Trinajstić information content (AvgIpc) is 2.31. The smallest absolute Gasteiger partial charge is 0.274 e. The molecule has 1 atom stereocenters. The zero-order valence-electron chi connectivity index (χ0n) is 10.7. The van der Waals surface area contributed by atoms with Gasteiger partial charge in [0.2, 0.25) is 0 Å². The van der Waals surface area contributed by atoms with Crippen molar-refractivity contribution in [3.05, 3.63) is 32.3 Å². The molecule has 5 nitrogen and oxygen atoms in total. The molecule has 1 aromatic rings. The zero-order chi connectivity index (χ0) is 13.7. The van der Waals surface area contributed by atoms with Crippen LogP contribution in [0.4, 0.5) is 11.4 Å². The molecular weight excluding hydrogens is 300 g/mol. The fraction of sp³-hybridized carbons (Fsp3) is 0.500. The Bertz CT molecular complexity index is 438. The van der Waals surface area contributed by atoms with E-state index in [4.69, 9.17) is 4.74 Å². The van der Waals surface area contributed by atoms with Crippen LogP contribution in [0.15, 0.2) is 16.6 Å². The summed E-state index contributed by atoms with van der Waals surface area (Å²) in [5.41, 5.74) is 1.47. The molecule has 0 fully saturated rings. The van der Waals surface area contributed by atoms with Crippen molar-refractivity contribution in [1.82, 2.24) is 0 Å². The molecule has 0 radical (unpaired) electrons. The van der Waals surface area contributed by atoms with Crippen molar-refractivity contribution in [3.63, 3.8) is 0 Å². The number of nitro groups is 1. The number of hydrogen-bond donors (Lipinski definition) is 1. The van der Waals surface area contributed by atoms with Crippen molar-refractivity contribution in [1.29, 1.82) is 0 Å². The first kappa shape index (κ1) is 14.9. The third-order valence-electron chi connectivity index (χ3n) is 2.70. The van der Waals surface area contributed by atoms with Crippen molar-refractivity contribution in [2.45, 2.75) is 26.3 Å². The second-order valence-electron chi connectivity index (χ2n) is 4.08. The Labute approximate surface area is 115 Å². The van der Waals surface area contributed by atoms with Gasteiger partial charge in [-0.25, -0.2) is 0 Å². The van der Waals surface area contributed by atoms with Crippen molar-refractivity contribution in [3.8, 4) is 0 Å². The summed E-state index contributed by atoms with van der Waals surface area (Å²) in [5.74, 6) is 0. The number of aryl methyl sites for hydroxylation is 1. The molecule has 0 heterocycles. The second kappa shape index (κ2) is 6.70. The Balaban J connectivity index is 3.01. The molecule has 18 heavy (non-hydrogen) atoms. The van der Waals surface area contributed by atoms with E-state index in [0.717, 1.165) is 16.6 Å². The first-order valence-electron chi connectivity index (χ1n) is 5.69. The summed E-state index contributed by atoms with van der Waals surface area (Å²) in [6.07, 6.45) is 0.877. The number of anilines is 1. The Hall–Kier alpha value is -1.14. The predicted octanol–water partition coefficient (Wildman–Crippen LogP) is 3.50. The molecule has 6 heteroatoms. The van der Waals surface area contributed by atoms with Crippen LogP contribution in [0.3, 0.4) is 0 Å². The highest BCUT2D eigenvalue weighted by Crippen LogP contribution is 2.31. The van der Waals surface area contributed by atoms with E-state index in [0.29, 0.717) is 12.2 Å². The molecule has 0 saturated heterocycles. The average molecular weight is 317 g/mol. The summed E-state index contributed by atoms with van der Waals surface area (Å²) >= 11 is 3.41. The monoisotopic (exact) mass is 316 g/mol. The van der Waals surface area contributed by atoms with E-state index < -0.39 is 0 Å². The summed E-state index contributed by atoms with van der Waals surface area (Å²) in [7, 11) is 1.64. The van der Waals surface area contributed by atoms with Gasteiger partial charge < -0.3 is 10.1 Å². The van der Waals surface area contributed by atoms with E-state index in [2.05, 4.69) is 21.2 Å². The van der Waals surface area contributed by atoms with Crippen LogP contribution in [-0.4, -0.2) is 24.7 Å². The van der Waals surface area contributed by atoms with E-state index in [1.807, 2.05) is 6.92 Å². The highest BCUT2D eigenvalue weighted by Gasteiger charge is 2.16. The van der Waals surface area contributed by atoms with Crippen LogP contribution in [0.25, 0.3) is 0 Å². The first-order chi connectivity index (χ1) is 8.49.